The van der Waals surface area contributed by atoms with Crippen LogP contribution in [0.25, 0.3) is 0 Å². The van der Waals surface area contributed by atoms with Crippen molar-refractivity contribution < 1.29 is 39.4 Å². The highest BCUT2D eigenvalue weighted by Crippen LogP contribution is 2.33. The van der Waals surface area contributed by atoms with Crippen LogP contribution in [0.15, 0.2) is 24.3 Å². The lowest BCUT2D eigenvalue weighted by atomic mass is 9.81. The topological polar surface area (TPSA) is 154 Å². The summed E-state index contributed by atoms with van der Waals surface area (Å²) < 4.78 is 23.0. The third-order valence-electron chi connectivity index (χ3n) is 7.18. The molecule has 9 atom stereocenters. The van der Waals surface area contributed by atoms with Gasteiger partial charge in [-0.25, -0.2) is 0 Å². The second kappa shape index (κ2) is 13.4. The van der Waals surface area contributed by atoms with Crippen LogP contribution in [0.4, 0.5) is 0 Å². The molecule has 7 N–H and O–H groups in total. The first-order valence-corrected chi connectivity index (χ1v) is 12.6. The van der Waals surface area contributed by atoms with Crippen LogP contribution >= 0.6 is 0 Å². The summed E-state index contributed by atoms with van der Waals surface area (Å²) in [5.74, 6) is 0.835. The minimum atomic E-state index is -1.14. The molecule has 1 aliphatic heterocycles. The molecule has 1 aromatic carbocycles. The molecule has 0 unspecified atom stereocenters. The van der Waals surface area contributed by atoms with Gasteiger partial charge in [-0.05, 0) is 45.6 Å². The Balaban J connectivity index is 1.63. The molecule has 0 radical (unpaired) electrons. The van der Waals surface area contributed by atoms with Crippen LogP contribution in [0.2, 0.25) is 0 Å². The van der Waals surface area contributed by atoms with E-state index in [2.05, 4.69) is 16.0 Å². The second-order valence-electron chi connectivity index (χ2n) is 9.72. The van der Waals surface area contributed by atoms with Crippen molar-refractivity contribution in [2.24, 2.45) is 0 Å². The van der Waals surface area contributed by atoms with E-state index in [4.69, 9.17) is 18.9 Å². The number of likely N-dealkylation sites (N-methyl/N-ethyl adjacent to an activating group) is 2. The first-order chi connectivity index (χ1) is 17.3. The van der Waals surface area contributed by atoms with E-state index in [9.17, 15) is 20.4 Å². The van der Waals surface area contributed by atoms with E-state index >= 15 is 0 Å². The number of aliphatic hydroxyl groups is 4. The SMILES string of the molecule is CN[C@@H]1[C@H](O)[C@H](NC)[C@@H](OCO)[C@H](O[C@H]2C[C@](O)(CNCCc3ccccc3OC)C[C@@H](C)O2)[C@H]1O. The van der Waals surface area contributed by atoms with Crippen molar-refractivity contribution in [1.82, 2.24) is 16.0 Å². The number of benzene rings is 1. The van der Waals surface area contributed by atoms with Crippen LogP contribution in [-0.2, 0) is 20.6 Å². The van der Waals surface area contributed by atoms with E-state index in [1.165, 1.54) is 0 Å². The van der Waals surface area contributed by atoms with Gasteiger partial charge in [0.2, 0.25) is 0 Å². The van der Waals surface area contributed by atoms with Gasteiger partial charge in [-0.3, -0.25) is 0 Å². The molecule has 2 fully saturated rings. The molecule has 11 heteroatoms. The third kappa shape index (κ3) is 6.93. The van der Waals surface area contributed by atoms with Crippen LogP contribution in [0.5, 0.6) is 5.75 Å². The number of hydrogen-bond donors (Lipinski definition) is 7. The second-order valence-corrected chi connectivity index (χ2v) is 9.72. The molecule has 2 aliphatic rings. The van der Waals surface area contributed by atoms with Gasteiger partial charge in [-0.2, -0.15) is 0 Å². The van der Waals surface area contributed by atoms with Gasteiger partial charge in [0.05, 0.1) is 37.0 Å². The molecular formula is C25H43N3O8. The fraction of sp³-hybridized carbons (Fsp3) is 0.760. The molecule has 3 rings (SSSR count). The van der Waals surface area contributed by atoms with Gasteiger partial charge in [0.25, 0.3) is 0 Å². The first kappa shape index (κ1) is 29.2. The summed E-state index contributed by atoms with van der Waals surface area (Å²) in [5, 5.41) is 51.7. The maximum absolute atomic E-state index is 11.4. The summed E-state index contributed by atoms with van der Waals surface area (Å²) in [4.78, 5) is 0. The number of aliphatic hydroxyl groups excluding tert-OH is 3. The minimum absolute atomic E-state index is 0.186. The summed E-state index contributed by atoms with van der Waals surface area (Å²) in [6.45, 7) is 2.26. The Morgan fingerprint density at radius 1 is 1.06 bits per heavy atom. The third-order valence-corrected chi connectivity index (χ3v) is 7.18. The standard InChI is InChI=1S/C25H43N3O8/c1-15-11-25(32,13-28-10-9-16-7-5-6-8-17(16)33-4)12-18(35-15)36-24-22(31)19(26-2)21(30)20(27-3)23(24)34-14-29/h5-8,15,18-24,26-32H,9-14H2,1-4H3/t15-,18+,19-,20+,21+,22+,23-,24-,25+/m1/s1. The molecule has 206 valence electrons. The summed E-state index contributed by atoms with van der Waals surface area (Å²) in [6, 6.07) is 6.54. The maximum Gasteiger partial charge on any atom is 0.161 e. The van der Waals surface area contributed by atoms with Crippen LogP contribution in [0, 0.1) is 0 Å². The molecule has 1 aromatic rings. The highest BCUT2D eigenvalue weighted by atomic mass is 16.7. The number of ether oxygens (including phenoxy) is 4. The van der Waals surface area contributed by atoms with E-state index in [0.29, 0.717) is 19.5 Å². The Hall–Kier alpha value is -1.38. The lowest BCUT2D eigenvalue weighted by Gasteiger charge is -2.49. The van der Waals surface area contributed by atoms with Crippen LogP contribution in [-0.4, -0.2) is 116 Å². The molecule has 0 amide bonds. The van der Waals surface area contributed by atoms with Crippen molar-refractivity contribution in [3.63, 3.8) is 0 Å². The predicted octanol–water partition coefficient (Wildman–Crippen LogP) is -1.28. The van der Waals surface area contributed by atoms with Crippen molar-refractivity contribution in [3.05, 3.63) is 29.8 Å². The zero-order chi connectivity index (χ0) is 26.3. The lowest BCUT2D eigenvalue weighted by molar-refractivity contribution is -0.293. The van der Waals surface area contributed by atoms with Gasteiger partial charge >= 0.3 is 0 Å². The van der Waals surface area contributed by atoms with E-state index in [1.54, 1.807) is 21.2 Å². The molecule has 1 saturated carbocycles. The van der Waals surface area contributed by atoms with Gasteiger partial charge in [-0.1, -0.05) is 18.2 Å². The Morgan fingerprint density at radius 2 is 1.78 bits per heavy atom. The molecular weight excluding hydrogens is 470 g/mol. The van der Waals surface area contributed by atoms with Crippen LogP contribution in [0.3, 0.4) is 0 Å². The van der Waals surface area contributed by atoms with E-state index in [-0.39, 0.29) is 12.5 Å². The summed E-state index contributed by atoms with van der Waals surface area (Å²) >= 11 is 0. The summed E-state index contributed by atoms with van der Waals surface area (Å²) in [6.07, 6.45) is -3.63. The van der Waals surface area contributed by atoms with Gasteiger partial charge in [0, 0.05) is 19.4 Å². The molecule has 0 spiro atoms. The van der Waals surface area contributed by atoms with Gasteiger partial charge in [0.1, 0.15) is 30.9 Å². The lowest BCUT2D eigenvalue weighted by Crippen LogP contribution is -2.71. The number of hydrogen-bond acceptors (Lipinski definition) is 11. The fourth-order valence-electron chi connectivity index (χ4n) is 5.48. The number of nitrogens with one attached hydrogen (secondary N) is 3. The maximum atomic E-state index is 11.4. The Kier molecular flexibility index (Phi) is 10.9. The number of para-hydroxylation sites is 1. The molecule has 0 bridgehead atoms. The highest BCUT2D eigenvalue weighted by Gasteiger charge is 2.52. The Labute approximate surface area is 213 Å². The van der Waals surface area contributed by atoms with Gasteiger partial charge in [-0.15, -0.1) is 0 Å². The highest BCUT2D eigenvalue weighted by molar-refractivity contribution is 5.33. The zero-order valence-electron chi connectivity index (χ0n) is 21.6. The predicted molar refractivity (Wildman–Crippen MR) is 133 cm³/mol. The summed E-state index contributed by atoms with van der Waals surface area (Å²) in [5.41, 5.74) is 0.00281. The fourth-order valence-corrected chi connectivity index (χ4v) is 5.48. The normalized spacial score (nSPS) is 37.1. The Bertz CT molecular complexity index is 804. The summed E-state index contributed by atoms with van der Waals surface area (Å²) in [7, 11) is 4.96. The van der Waals surface area contributed by atoms with E-state index in [0.717, 1.165) is 17.7 Å². The average molecular weight is 514 g/mol. The van der Waals surface area contributed by atoms with Gasteiger partial charge < -0.3 is 55.3 Å². The van der Waals surface area contributed by atoms with Crippen molar-refractivity contribution in [2.75, 3.05) is 41.1 Å². The smallest absolute Gasteiger partial charge is 0.161 e. The number of rotatable bonds is 12. The largest absolute Gasteiger partial charge is 0.496 e. The van der Waals surface area contributed by atoms with E-state index in [1.807, 2.05) is 31.2 Å². The average Bonchev–Trinajstić information content (AvgIpc) is 2.84. The molecule has 1 heterocycles. The van der Waals surface area contributed by atoms with Crippen LogP contribution < -0.4 is 20.7 Å². The quantitative estimate of drug-likeness (QED) is 0.132. The molecule has 1 aliphatic carbocycles. The van der Waals surface area contributed by atoms with Crippen molar-refractivity contribution in [1.29, 1.82) is 0 Å². The molecule has 0 aromatic heterocycles. The number of methoxy groups -OCH3 is 1. The van der Waals surface area contributed by atoms with Crippen LogP contribution in [0.1, 0.15) is 25.3 Å². The Morgan fingerprint density at radius 3 is 2.44 bits per heavy atom. The van der Waals surface area contributed by atoms with Crippen molar-refractivity contribution >= 4 is 0 Å². The van der Waals surface area contributed by atoms with E-state index < -0.39 is 55.2 Å². The monoisotopic (exact) mass is 513 g/mol. The minimum Gasteiger partial charge on any atom is -0.496 e. The van der Waals surface area contributed by atoms with Crippen molar-refractivity contribution in [2.45, 2.75) is 80.7 Å². The molecule has 1 saturated heterocycles. The molecule has 36 heavy (non-hydrogen) atoms. The first-order valence-electron chi connectivity index (χ1n) is 12.6. The van der Waals surface area contributed by atoms with Crippen molar-refractivity contribution in [3.8, 4) is 5.75 Å². The zero-order valence-corrected chi connectivity index (χ0v) is 21.6. The van der Waals surface area contributed by atoms with Gasteiger partial charge in [0.15, 0.2) is 6.29 Å². The molecule has 11 nitrogen and oxygen atoms in total.